The van der Waals surface area contributed by atoms with Crippen molar-refractivity contribution >= 4 is 5.78 Å². The van der Waals surface area contributed by atoms with Crippen molar-refractivity contribution in [1.29, 1.82) is 0 Å². The number of carbonyl (C=O) groups excluding carboxylic acids is 1. The van der Waals surface area contributed by atoms with Crippen molar-refractivity contribution in [3.8, 4) is 0 Å². The maximum absolute atomic E-state index is 11.9. The molecule has 1 N–H and O–H groups in total. The maximum Gasteiger partial charge on any atom is 0.156 e. The molecule has 0 radical (unpaired) electrons. The topological polar surface area (TPSA) is 37.3 Å². The van der Waals surface area contributed by atoms with E-state index in [1.807, 2.05) is 6.08 Å². The third-order valence-corrected chi connectivity index (χ3v) is 7.88. The molecule has 0 unspecified atom stereocenters. The van der Waals surface area contributed by atoms with Crippen molar-refractivity contribution in [2.24, 2.45) is 28.6 Å². The van der Waals surface area contributed by atoms with Crippen LogP contribution in [0.3, 0.4) is 0 Å². The third kappa shape index (κ3) is 1.73. The molecule has 2 nitrogen and oxygen atoms in total. The lowest BCUT2D eigenvalue weighted by Gasteiger charge is -2.58. The van der Waals surface area contributed by atoms with Crippen molar-refractivity contribution in [2.45, 2.75) is 64.9 Å². The Bertz CT molecular complexity index is 574. The molecule has 4 rings (SSSR count). The first-order valence-electron chi connectivity index (χ1n) is 8.97. The summed E-state index contributed by atoms with van der Waals surface area (Å²) in [4.78, 5) is 11.9. The van der Waals surface area contributed by atoms with Gasteiger partial charge in [-0.3, -0.25) is 4.79 Å². The zero-order chi connectivity index (χ0) is 15.7. The Kier molecular flexibility index (Phi) is 3.05. The average Bonchev–Trinajstić information content (AvgIpc) is 2.77. The van der Waals surface area contributed by atoms with Crippen LogP contribution in [0.2, 0.25) is 0 Å². The number of ketones is 1. The minimum absolute atomic E-state index is 0.115. The molecule has 0 aliphatic heterocycles. The van der Waals surface area contributed by atoms with Crippen LogP contribution >= 0.6 is 0 Å². The maximum atomic E-state index is 11.9. The quantitative estimate of drug-likeness (QED) is 0.733. The summed E-state index contributed by atoms with van der Waals surface area (Å²) in [6, 6.07) is 0. The van der Waals surface area contributed by atoms with E-state index in [9.17, 15) is 9.90 Å². The smallest absolute Gasteiger partial charge is 0.156 e. The van der Waals surface area contributed by atoms with Gasteiger partial charge in [-0.25, -0.2) is 0 Å². The molecule has 0 bridgehead atoms. The van der Waals surface area contributed by atoms with Crippen LogP contribution in [0.15, 0.2) is 23.8 Å². The van der Waals surface area contributed by atoms with Gasteiger partial charge in [-0.2, -0.15) is 0 Å². The van der Waals surface area contributed by atoms with Gasteiger partial charge in [0.15, 0.2) is 5.78 Å². The fourth-order valence-corrected chi connectivity index (χ4v) is 6.54. The number of aliphatic hydroxyl groups excluding tert-OH is 1. The Morgan fingerprint density at radius 2 is 1.95 bits per heavy atom. The van der Waals surface area contributed by atoms with Gasteiger partial charge in [-0.1, -0.05) is 26.0 Å². The van der Waals surface area contributed by atoms with Crippen LogP contribution < -0.4 is 0 Å². The lowest BCUT2D eigenvalue weighted by Crippen LogP contribution is -2.51. The molecule has 0 aromatic rings. The molecule has 2 heteroatoms. The Hall–Kier alpha value is -0.890. The van der Waals surface area contributed by atoms with Crippen molar-refractivity contribution in [1.82, 2.24) is 0 Å². The highest BCUT2D eigenvalue weighted by molar-refractivity contribution is 5.92. The number of allylic oxidation sites excluding steroid dienone is 2. The highest BCUT2D eigenvalue weighted by Crippen LogP contribution is 2.65. The van der Waals surface area contributed by atoms with E-state index < -0.39 is 0 Å². The zero-order valence-electron chi connectivity index (χ0n) is 13.9. The van der Waals surface area contributed by atoms with E-state index in [4.69, 9.17) is 0 Å². The van der Waals surface area contributed by atoms with E-state index in [0.717, 1.165) is 25.7 Å². The summed E-state index contributed by atoms with van der Waals surface area (Å²) in [6.45, 7) is 9.03. The molecular weight excluding hydrogens is 272 g/mol. The van der Waals surface area contributed by atoms with Crippen LogP contribution in [0, 0.1) is 28.6 Å². The van der Waals surface area contributed by atoms with Crippen LogP contribution in [0.4, 0.5) is 0 Å². The standard InChI is InChI=1S/C20H28O2/c1-12-10-14-15-4-5-18(22)20(15,3)9-7-16(14)19(2)8-6-13(21)11-17(12)19/h11,14-16,18,22H,1,4-10H2,2-3H3/t14-,15-,16-,18-,19+,20-/m0/s1. The Balaban J connectivity index is 1.75. The number of fused-ring (bicyclic) bond motifs is 5. The molecule has 0 spiro atoms. The molecular formula is C20H28O2. The van der Waals surface area contributed by atoms with Gasteiger partial charge in [0, 0.05) is 6.42 Å². The van der Waals surface area contributed by atoms with Crippen LogP contribution in [0.1, 0.15) is 58.8 Å². The third-order valence-electron chi connectivity index (χ3n) is 7.88. The average molecular weight is 300 g/mol. The molecule has 22 heavy (non-hydrogen) atoms. The van der Waals surface area contributed by atoms with Crippen molar-refractivity contribution in [2.75, 3.05) is 0 Å². The largest absolute Gasteiger partial charge is 0.393 e. The summed E-state index contributed by atoms with van der Waals surface area (Å²) in [5, 5.41) is 10.5. The molecule has 0 amide bonds. The van der Waals surface area contributed by atoms with Gasteiger partial charge in [0.05, 0.1) is 6.10 Å². The molecule has 4 aliphatic carbocycles. The second-order valence-corrected chi connectivity index (χ2v) is 8.76. The molecule has 3 fully saturated rings. The molecule has 6 atom stereocenters. The number of hydrogen-bond acceptors (Lipinski definition) is 2. The first-order valence-corrected chi connectivity index (χ1v) is 8.97. The fourth-order valence-electron chi connectivity index (χ4n) is 6.54. The minimum Gasteiger partial charge on any atom is -0.393 e. The summed E-state index contributed by atoms with van der Waals surface area (Å²) in [6.07, 6.45) is 8.98. The van der Waals surface area contributed by atoms with Crippen LogP contribution in [-0.4, -0.2) is 17.0 Å². The number of aliphatic hydroxyl groups is 1. The number of carbonyl (C=O) groups is 1. The summed E-state index contributed by atoms with van der Waals surface area (Å²) in [5.74, 6) is 2.23. The van der Waals surface area contributed by atoms with E-state index in [-0.39, 0.29) is 22.7 Å². The Labute approximate surface area is 133 Å². The normalized spacial score (nSPS) is 51.0. The van der Waals surface area contributed by atoms with Gasteiger partial charge in [-0.15, -0.1) is 0 Å². The second kappa shape index (κ2) is 4.56. The van der Waals surface area contributed by atoms with Crippen LogP contribution in [-0.2, 0) is 4.79 Å². The summed E-state index contributed by atoms with van der Waals surface area (Å²) >= 11 is 0. The summed E-state index contributed by atoms with van der Waals surface area (Å²) in [7, 11) is 0. The highest BCUT2D eigenvalue weighted by atomic mass is 16.3. The highest BCUT2D eigenvalue weighted by Gasteiger charge is 2.59. The van der Waals surface area contributed by atoms with Crippen LogP contribution in [0.25, 0.3) is 0 Å². The monoisotopic (exact) mass is 300 g/mol. The Morgan fingerprint density at radius 3 is 2.73 bits per heavy atom. The minimum atomic E-state index is -0.121. The first-order chi connectivity index (χ1) is 10.4. The van der Waals surface area contributed by atoms with Crippen LogP contribution in [0.5, 0.6) is 0 Å². The van der Waals surface area contributed by atoms with E-state index >= 15 is 0 Å². The van der Waals surface area contributed by atoms with Gasteiger partial charge in [0.2, 0.25) is 0 Å². The first kappa shape index (κ1) is 14.7. The molecule has 4 aliphatic rings. The lowest BCUT2D eigenvalue weighted by molar-refractivity contribution is -0.117. The number of rotatable bonds is 0. The van der Waals surface area contributed by atoms with Gasteiger partial charge in [0.1, 0.15) is 0 Å². The molecule has 0 heterocycles. The van der Waals surface area contributed by atoms with Crippen molar-refractivity contribution in [3.05, 3.63) is 23.8 Å². The molecule has 120 valence electrons. The SMILES string of the molecule is C=C1C[C@H]2[C@@H]3CC[C@H](O)[C@@]3(C)CC[C@@H]2[C@@]2(C)CCC(=O)C=C12. The van der Waals surface area contributed by atoms with Gasteiger partial charge < -0.3 is 5.11 Å². The molecule has 0 aromatic carbocycles. The van der Waals surface area contributed by atoms with Crippen molar-refractivity contribution in [3.63, 3.8) is 0 Å². The van der Waals surface area contributed by atoms with E-state index in [1.165, 1.54) is 24.0 Å². The summed E-state index contributed by atoms with van der Waals surface area (Å²) < 4.78 is 0. The molecule has 3 saturated carbocycles. The predicted molar refractivity (Wildman–Crippen MR) is 87.2 cm³/mol. The van der Waals surface area contributed by atoms with E-state index in [0.29, 0.717) is 24.2 Å². The Morgan fingerprint density at radius 1 is 1.18 bits per heavy atom. The van der Waals surface area contributed by atoms with Gasteiger partial charge in [0.25, 0.3) is 0 Å². The predicted octanol–water partition coefficient (Wildman–Crippen LogP) is 4.05. The van der Waals surface area contributed by atoms with Crippen molar-refractivity contribution < 1.29 is 9.90 Å². The molecule has 0 aromatic heterocycles. The zero-order valence-corrected chi connectivity index (χ0v) is 13.9. The fraction of sp³-hybridized carbons (Fsp3) is 0.750. The van der Waals surface area contributed by atoms with Gasteiger partial charge >= 0.3 is 0 Å². The second-order valence-electron chi connectivity index (χ2n) is 8.76. The lowest BCUT2D eigenvalue weighted by atomic mass is 9.46. The van der Waals surface area contributed by atoms with E-state index in [1.54, 1.807) is 0 Å². The molecule has 0 saturated heterocycles. The number of hydrogen-bond donors (Lipinski definition) is 1. The van der Waals surface area contributed by atoms with E-state index in [2.05, 4.69) is 20.4 Å². The van der Waals surface area contributed by atoms with Gasteiger partial charge in [-0.05, 0) is 78.8 Å². The summed E-state index contributed by atoms with van der Waals surface area (Å²) in [5.41, 5.74) is 2.71.